The predicted octanol–water partition coefficient (Wildman–Crippen LogP) is 3.56. The van der Waals surface area contributed by atoms with Gasteiger partial charge in [-0.3, -0.25) is 0 Å². The molecule has 1 aliphatic carbocycles. The van der Waals surface area contributed by atoms with Crippen molar-refractivity contribution in [1.29, 1.82) is 0 Å². The highest BCUT2D eigenvalue weighted by molar-refractivity contribution is 5.69. The molecule has 0 aliphatic heterocycles. The van der Waals surface area contributed by atoms with E-state index in [1.165, 1.54) is 16.7 Å². The van der Waals surface area contributed by atoms with Gasteiger partial charge in [0.05, 0.1) is 0 Å². The number of rotatable bonds is 1. The van der Waals surface area contributed by atoms with Gasteiger partial charge in [-0.15, -0.1) is 0 Å². The van der Waals surface area contributed by atoms with Crippen LogP contribution in [0, 0.1) is 0 Å². The van der Waals surface area contributed by atoms with Gasteiger partial charge < -0.3 is 4.52 Å². The number of nitrogens with zero attached hydrogens (tertiary/aromatic N) is 1. The summed E-state index contributed by atoms with van der Waals surface area (Å²) in [5, 5.41) is 4.24. The van der Waals surface area contributed by atoms with Crippen LogP contribution in [0.15, 0.2) is 28.8 Å². The van der Waals surface area contributed by atoms with E-state index in [2.05, 4.69) is 43.3 Å². The number of hydrogen-bond acceptors (Lipinski definition) is 2. The van der Waals surface area contributed by atoms with E-state index in [9.17, 15) is 0 Å². The molecule has 0 unspecified atom stereocenters. The van der Waals surface area contributed by atoms with Crippen molar-refractivity contribution in [3.8, 4) is 11.3 Å². The summed E-state index contributed by atoms with van der Waals surface area (Å²) in [6.07, 6.45) is 2.16. The molecular weight excluding hydrogens is 198 g/mol. The second-order valence-corrected chi connectivity index (χ2v) is 4.69. The summed E-state index contributed by atoms with van der Waals surface area (Å²) in [4.78, 5) is 0. The first-order valence-electron chi connectivity index (χ1n) is 5.84. The maximum Gasteiger partial charge on any atom is 0.143 e. The maximum absolute atomic E-state index is 5.49. The number of benzene rings is 1. The Morgan fingerprint density at radius 2 is 2.00 bits per heavy atom. The zero-order chi connectivity index (χ0) is 11.1. The third-order valence-corrected chi connectivity index (χ3v) is 3.26. The molecule has 3 rings (SSSR count). The van der Waals surface area contributed by atoms with Crippen molar-refractivity contribution in [1.82, 2.24) is 5.16 Å². The largest absolute Gasteiger partial charge is 0.360 e. The Kier molecular flexibility index (Phi) is 2.10. The average Bonchev–Trinajstić information content (AvgIpc) is 2.73. The topological polar surface area (TPSA) is 26.0 Å². The van der Waals surface area contributed by atoms with Gasteiger partial charge in [0.15, 0.2) is 0 Å². The van der Waals surface area contributed by atoms with Crippen molar-refractivity contribution in [2.75, 3.05) is 0 Å². The lowest BCUT2D eigenvalue weighted by atomic mass is 9.87. The number of hydrogen-bond donors (Lipinski definition) is 0. The summed E-state index contributed by atoms with van der Waals surface area (Å²) in [6, 6.07) is 8.48. The average molecular weight is 213 g/mol. The zero-order valence-electron chi connectivity index (χ0n) is 9.66. The Hall–Kier alpha value is -1.57. The fourth-order valence-electron chi connectivity index (χ4n) is 2.46. The van der Waals surface area contributed by atoms with Crippen molar-refractivity contribution in [3.05, 3.63) is 41.2 Å². The van der Waals surface area contributed by atoms with E-state index in [1.54, 1.807) is 0 Å². The minimum Gasteiger partial charge on any atom is -0.360 e. The van der Waals surface area contributed by atoms with Gasteiger partial charge in [-0.1, -0.05) is 43.3 Å². The molecule has 2 heteroatoms. The molecule has 0 radical (unpaired) electrons. The van der Waals surface area contributed by atoms with Gasteiger partial charge in [-0.2, -0.15) is 0 Å². The lowest BCUT2D eigenvalue weighted by Gasteiger charge is -2.15. The lowest BCUT2D eigenvalue weighted by Crippen LogP contribution is -2.04. The molecule has 1 aliphatic rings. The minimum atomic E-state index is 0.418. The van der Waals surface area contributed by atoms with Crippen LogP contribution in [0.25, 0.3) is 11.3 Å². The summed E-state index contributed by atoms with van der Waals surface area (Å²) < 4.78 is 5.49. The van der Waals surface area contributed by atoms with E-state index in [4.69, 9.17) is 4.52 Å². The molecule has 0 amide bonds. The Morgan fingerprint density at radius 3 is 2.81 bits per heavy atom. The molecular formula is C14H15NO. The van der Waals surface area contributed by atoms with Crippen LogP contribution in [0.1, 0.15) is 36.7 Å². The molecule has 1 aromatic carbocycles. The van der Waals surface area contributed by atoms with Gasteiger partial charge in [0.2, 0.25) is 0 Å². The molecule has 0 saturated heterocycles. The molecule has 1 heterocycles. The van der Waals surface area contributed by atoms with E-state index in [1.807, 2.05) is 0 Å². The molecule has 0 spiro atoms. The first kappa shape index (κ1) is 9.64. The van der Waals surface area contributed by atoms with Crippen molar-refractivity contribution in [2.24, 2.45) is 0 Å². The number of aryl methyl sites for hydroxylation is 1. The molecule has 0 saturated carbocycles. The highest BCUT2D eigenvalue weighted by atomic mass is 16.5. The second-order valence-electron chi connectivity index (χ2n) is 4.69. The molecule has 2 aromatic rings. The molecule has 16 heavy (non-hydrogen) atoms. The van der Waals surface area contributed by atoms with Crippen LogP contribution in [0.4, 0.5) is 0 Å². The van der Waals surface area contributed by atoms with Crippen LogP contribution in [0.5, 0.6) is 0 Å². The summed E-state index contributed by atoms with van der Waals surface area (Å²) in [5.41, 5.74) is 5.01. The van der Waals surface area contributed by atoms with Crippen molar-refractivity contribution < 1.29 is 4.52 Å². The smallest absolute Gasteiger partial charge is 0.143 e. The molecule has 82 valence electrons. The van der Waals surface area contributed by atoms with Crippen LogP contribution < -0.4 is 0 Å². The molecule has 0 N–H and O–H groups in total. The van der Waals surface area contributed by atoms with E-state index >= 15 is 0 Å². The van der Waals surface area contributed by atoms with Gasteiger partial charge in [0.25, 0.3) is 0 Å². The van der Waals surface area contributed by atoms with E-state index in [-0.39, 0.29) is 0 Å². The summed E-state index contributed by atoms with van der Waals surface area (Å²) in [5.74, 6) is 1.48. The Morgan fingerprint density at radius 1 is 1.19 bits per heavy atom. The first-order chi connectivity index (χ1) is 7.77. The summed E-state index contributed by atoms with van der Waals surface area (Å²) in [7, 11) is 0. The standard InChI is InChI=1S/C14H15NO/c1-9(2)14-12-8-7-10-5-3-4-6-11(10)13(12)15-16-14/h3-6,9H,7-8H2,1-2H3. The lowest BCUT2D eigenvalue weighted by molar-refractivity contribution is 0.371. The van der Waals surface area contributed by atoms with Gasteiger partial charge in [0, 0.05) is 17.0 Å². The molecule has 1 aromatic heterocycles. The maximum atomic E-state index is 5.49. The number of aromatic nitrogens is 1. The summed E-state index contributed by atoms with van der Waals surface area (Å²) in [6.45, 7) is 4.31. The van der Waals surface area contributed by atoms with Crippen molar-refractivity contribution >= 4 is 0 Å². The molecule has 2 nitrogen and oxygen atoms in total. The SMILES string of the molecule is CC(C)c1onc2c1CCc1ccccc1-2. The Bertz CT molecular complexity index is 525. The molecule has 0 atom stereocenters. The van der Waals surface area contributed by atoms with E-state index in [0.29, 0.717) is 5.92 Å². The fraction of sp³-hybridized carbons (Fsp3) is 0.357. The van der Waals surface area contributed by atoms with Gasteiger partial charge in [0.1, 0.15) is 11.5 Å². The van der Waals surface area contributed by atoms with Gasteiger partial charge in [-0.05, 0) is 18.4 Å². The minimum absolute atomic E-state index is 0.418. The second kappa shape index (κ2) is 3.48. The van der Waals surface area contributed by atoms with E-state index < -0.39 is 0 Å². The van der Waals surface area contributed by atoms with E-state index in [0.717, 1.165) is 24.3 Å². The summed E-state index contributed by atoms with van der Waals surface area (Å²) >= 11 is 0. The predicted molar refractivity (Wildman–Crippen MR) is 63.4 cm³/mol. The highest BCUT2D eigenvalue weighted by Crippen LogP contribution is 2.36. The zero-order valence-corrected chi connectivity index (χ0v) is 9.66. The normalized spacial score (nSPS) is 13.7. The van der Waals surface area contributed by atoms with Crippen LogP contribution >= 0.6 is 0 Å². The third kappa shape index (κ3) is 1.29. The third-order valence-electron chi connectivity index (χ3n) is 3.26. The fourth-order valence-corrected chi connectivity index (χ4v) is 2.46. The molecule has 0 bridgehead atoms. The van der Waals surface area contributed by atoms with Crippen LogP contribution in [0.2, 0.25) is 0 Å². The van der Waals surface area contributed by atoms with Gasteiger partial charge >= 0.3 is 0 Å². The van der Waals surface area contributed by atoms with Gasteiger partial charge in [-0.25, -0.2) is 0 Å². The van der Waals surface area contributed by atoms with Crippen LogP contribution in [-0.4, -0.2) is 5.16 Å². The highest BCUT2D eigenvalue weighted by Gasteiger charge is 2.24. The monoisotopic (exact) mass is 213 g/mol. The van der Waals surface area contributed by atoms with Crippen molar-refractivity contribution in [3.63, 3.8) is 0 Å². The van der Waals surface area contributed by atoms with Crippen LogP contribution in [-0.2, 0) is 12.8 Å². The van der Waals surface area contributed by atoms with Crippen molar-refractivity contribution in [2.45, 2.75) is 32.6 Å². The Balaban J connectivity index is 2.19. The Labute approximate surface area is 95.3 Å². The quantitative estimate of drug-likeness (QED) is 0.723. The number of fused-ring (bicyclic) bond motifs is 3. The first-order valence-corrected chi connectivity index (χ1v) is 5.84. The molecule has 0 fully saturated rings. The van der Waals surface area contributed by atoms with Crippen LogP contribution in [0.3, 0.4) is 0 Å².